The topological polar surface area (TPSA) is 79.8 Å². The van der Waals surface area contributed by atoms with Crippen LogP contribution in [0.4, 0.5) is 13.2 Å². The van der Waals surface area contributed by atoms with Gasteiger partial charge in [0.2, 0.25) is 0 Å². The minimum atomic E-state index is -4.53. The predicted molar refractivity (Wildman–Crippen MR) is 96.4 cm³/mol. The number of alkyl halides is 3. The second kappa shape index (κ2) is 7.71. The monoisotopic (exact) mass is 390 g/mol. The van der Waals surface area contributed by atoms with E-state index >= 15 is 0 Å². The molecule has 1 aromatic carbocycles. The molecule has 0 unspecified atom stereocenters. The van der Waals surface area contributed by atoms with Gasteiger partial charge in [0.15, 0.2) is 0 Å². The van der Waals surface area contributed by atoms with Crippen molar-refractivity contribution < 1.29 is 18.0 Å². The fraction of sp³-hybridized carbons (Fsp3) is 0.211. The number of aromatic amines is 1. The summed E-state index contributed by atoms with van der Waals surface area (Å²) in [7, 11) is 0. The number of nitrogens with zero attached hydrogens (tertiary/aromatic N) is 2. The van der Waals surface area contributed by atoms with Gasteiger partial charge in [0.1, 0.15) is 5.56 Å². The van der Waals surface area contributed by atoms with Gasteiger partial charge in [0.25, 0.3) is 11.5 Å². The molecule has 0 fully saturated rings. The molecule has 0 bridgehead atoms. The van der Waals surface area contributed by atoms with Crippen molar-refractivity contribution in [3.63, 3.8) is 0 Å². The fourth-order valence-electron chi connectivity index (χ4n) is 2.77. The van der Waals surface area contributed by atoms with Crippen molar-refractivity contribution in [3.8, 4) is 5.69 Å². The number of hydrogen-bond donors (Lipinski definition) is 2. The van der Waals surface area contributed by atoms with Crippen LogP contribution in [0.3, 0.4) is 0 Å². The van der Waals surface area contributed by atoms with Crippen LogP contribution in [0.25, 0.3) is 5.69 Å². The van der Waals surface area contributed by atoms with Crippen molar-refractivity contribution in [3.05, 3.63) is 81.8 Å². The lowest BCUT2D eigenvalue weighted by atomic mass is 10.1. The van der Waals surface area contributed by atoms with Crippen molar-refractivity contribution in [2.24, 2.45) is 0 Å². The molecule has 2 aromatic heterocycles. The Kier molecular flexibility index (Phi) is 5.34. The summed E-state index contributed by atoms with van der Waals surface area (Å²) >= 11 is 0. The van der Waals surface area contributed by atoms with Gasteiger partial charge >= 0.3 is 6.18 Å². The summed E-state index contributed by atoms with van der Waals surface area (Å²) in [6.07, 6.45) is -0.891. The van der Waals surface area contributed by atoms with Gasteiger partial charge in [-0.25, -0.2) is 4.98 Å². The van der Waals surface area contributed by atoms with Crippen LogP contribution >= 0.6 is 0 Å². The highest BCUT2D eigenvalue weighted by atomic mass is 19.4. The number of nitrogens with one attached hydrogen (secondary N) is 2. The van der Waals surface area contributed by atoms with E-state index in [-0.39, 0.29) is 17.8 Å². The molecule has 3 aromatic rings. The summed E-state index contributed by atoms with van der Waals surface area (Å²) in [4.78, 5) is 31.9. The number of benzene rings is 1. The lowest BCUT2D eigenvalue weighted by molar-refractivity contribution is -0.137. The Bertz CT molecular complexity index is 1040. The van der Waals surface area contributed by atoms with Gasteiger partial charge in [-0.15, -0.1) is 0 Å². The number of carbonyl (C=O) groups excluding carboxylic acids is 1. The van der Waals surface area contributed by atoms with E-state index < -0.39 is 23.2 Å². The average Bonchev–Trinajstić information content (AvgIpc) is 3.15. The summed E-state index contributed by atoms with van der Waals surface area (Å²) < 4.78 is 40.1. The van der Waals surface area contributed by atoms with Crippen molar-refractivity contribution in [1.29, 1.82) is 0 Å². The molecule has 0 spiro atoms. The van der Waals surface area contributed by atoms with Crippen LogP contribution in [0.5, 0.6) is 0 Å². The van der Waals surface area contributed by atoms with Crippen molar-refractivity contribution in [2.75, 3.05) is 6.54 Å². The van der Waals surface area contributed by atoms with Crippen LogP contribution in [0.2, 0.25) is 0 Å². The van der Waals surface area contributed by atoms with E-state index in [1.54, 1.807) is 13.1 Å². The van der Waals surface area contributed by atoms with E-state index in [4.69, 9.17) is 0 Å². The molecule has 28 heavy (non-hydrogen) atoms. The minimum absolute atomic E-state index is 0.0458. The Hall–Kier alpha value is -3.36. The second-order valence-electron chi connectivity index (χ2n) is 6.16. The number of pyridine rings is 1. The molecule has 3 rings (SSSR count). The molecule has 0 atom stereocenters. The third kappa shape index (κ3) is 4.13. The standard InChI is InChI=1S/C19H17F3N4O2/c1-12-5-6-16(17(27)24-8-7-14-10-23-11-25-14)18(28)26(12)15-4-2-3-13(9-15)19(20,21)22/h2-6,9-11H,7-8H2,1H3,(H,23,25)(H,24,27). The Morgan fingerprint density at radius 1 is 1.25 bits per heavy atom. The molecule has 0 aliphatic rings. The van der Waals surface area contributed by atoms with Crippen LogP contribution in [0, 0.1) is 6.92 Å². The van der Waals surface area contributed by atoms with E-state index in [9.17, 15) is 22.8 Å². The molecule has 2 heterocycles. The first-order chi connectivity index (χ1) is 13.3. The molecule has 6 nitrogen and oxygen atoms in total. The van der Waals surface area contributed by atoms with Crippen LogP contribution in [0.1, 0.15) is 27.3 Å². The van der Waals surface area contributed by atoms with Crippen LogP contribution < -0.4 is 10.9 Å². The van der Waals surface area contributed by atoms with E-state index in [0.717, 1.165) is 22.4 Å². The van der Waals surface area contributed by atoms with E-state index in [1.165, 1.54) is 30.6 Å². The van der Waals surface area contributed by atoms with Gasteiger partial charge in [-0.1, -0.05) is 6.07 Å². The molecule has 0 saturated heterocycles. The molecular weight excluding hydrogens is 373 g/mol. The van der Waals surface area contributed by atoms with Gasteiger partial charge in [-0.05, 0) is 37.3 Å². The highest BCUT2D eigenvalue weighted by molar-refractivity contribution is 5.93. The molecule has 0 saturated carbocycles. The van der Waals surface area contributed by atoms with Crippen molar-refractivity contribution in [1.82, 2.24) is 19.9 Å². The zero-order valence-electron chi connectivity index (χ0n) is 14.9. The largest absolute Gasteiger partial charge is 0.416 e. The fourth-order valence-corrected chi connectivity index (χ4v) is 2.77. The first-order valence-corrected chi connectivity index (χ1v) is 8.43. The van der Waals surface area contributed by atoms with Gasteiger partial charge in [0.05, 0.1) is 11.9 Å². The van der Waals surface area contributed by atoms with Crippen molar-refractivity contribution >= 4 is 5.91 Å². The second-order valence-corrected chi connectivity index (χ2v) is 6.16. The molecule has 9 heteroatoms. The van der Waals surface area contributed by atoms with Gasteiger partial charge in [0, 0.05) is 36.2 Å². The minimum Gasteiger partial charge on any atom is -0.351 e. The first kappa shape index (κ1) is 19.4. The molecule has 1 amide bonds. The number of imidazole rings is 1. The number of halogens is 3. The maximum atomic E-state index is 13.0. The van der Waals surface area contributed by atoms with Gasteiger partial charge in [-0.3, -0.25) is 14.2 Å². The number of hydrogen-bond acceptors (Lipinski definition) is 3. The summed E-state index contributed by atoms with van der Waals surface area (Å²) in [5.74, 6) is -0.592. The van der Waals surface area contributed by atoms with E-state index in [1.807, 2.05) is 0 Å². The quantitative estimate of drug-likeness (QED) is 0.703. The van der Waals surface area contributed by atoms with Crippen molar-refractivity contribution in [2.45, 2.75) is 19.5 Å². The zero-order valence-corrected chi connectivity index (χ0v) is 14.9. The van der Waals surface area contributed by atoms with Crippen LogP contribution in [-0.2, 0) is 12.6 Å². The Labute approximate surface area is 158 Å². The SMILES string of the molecule is Cc1ccc(C(=O)NCCc2cnc[nH]2)c(=O)n1-c1cccc(C(F)(F)F)c1. The smallest absolute Gasteiger partial charge is 0.351 e. The number of rotatable bonds is 5. The Balaban J connectivity index is 1.88. The summed E-state index contributed by atoms with van der Waals surface area (Å²) in [5.41, 5.74) is -0.412. The van der Waals surface area contributed by atoms with Crippen LogP contribution in [0.15, 0.2) is 53.7 Å². The number of carbonyl (C=O) groups is 1. The normalized spacial score (nSPS) is 11.4. The Morgan fingerprint density at radius 2 is 2.04 bits per heavy atom. The molecular formula is C19H17F3N4O2. The maximum Gasteiger partial charge on any atom is 0.416 e. The summed E-state index contributed by atoms with van der Waals surface area (Å²) in [5, 5.41) is 2.63. The van der Waals surface area contributed by atoms with E-state index in [2.05, 4.69) is 15.3 Å². The molecule has 146 valence electrons. The average molecular weight is 390 g/mol. The lowest BCUT2D eigenvalue weighted by Gasteiger charge is -2.14. The number of H-pyrrole nitrogens is 1. The third-order valence-corrected chi connectivity index (χ3v) is 4.19. The predicted octanol–water partition coefficient (Wildman–Crippen LogP) is 2.86. The zero-order chi connectivity index (χ0) is 20.3. The number of aryl methyl sites for hydroxylation is 1. The molecule has 0 radical (unpaired) electrons. The Morgan fingerprint density at radius 3 is 2.71 bits per heavy atom. The summed E-state index contributed by atoms with van der Waals surface area (Å²) in [6, 6.07) is 7.31. The van der Waals surface area contributed by atoms with Gasteiger partial charge < -0.3 is 10.3 Å². The van der Waals surface area contributed by atoms with Gasteiger partial charge in [-0.2, -0.15) is 13.2 Å². The number of aromatic nitrogens is 3. The molecule has 0 aliphatic carbocycles. The molecule has 2 N–H and O–H groups in total. The first-order valence-electron chi connectivity index (χ1n) is 8.43. The number of amides is 1. The van der Waals surface area contributed by atoms with Crippen LogP contribution in [-0.4, -0.2) is 27.0 Å². The summed E-state index contributed by atoms with van der Waals surface area (Å²) in [6.45, 7) is 1.86. The third-order valence-electron chi connectivity index (χ3n) is 4.19. The highest BCUT2D eigenvalue weighted by Crippen LogP contribution is 2.30. The lowest BCUT2D eigenvalue weighted by Crippen LogP contribution is -2.34. The maximum absolute atomic E-state index is 13.0. The molecule has 0 aliphatic heterocycles. The highest BCUT2D eigenvalue weighted by Gasteiger charge is 2.30. The van der Waals surface area contributed by atoms with E-state index in [0.29, 0.717) is 12.1 Å².